The zero-order valence-corrected chi connectivity index (χ0v) is 9.77. The van der Waals surface area contributed by atoms with Gasteiger partial charge in [0.25, 0.3) is 0 Å². The molecule has 1 atom stereocenters. The van der Waals surface area contributed by atoms with E-state index in [9.17, 15) is 4.79 Å². The molecule has 0 aliphatic carbocycles. The summed E-state index contributed by atoms with van der Waals surface area (Å²) < 4.78 is 5.07. The Morgan fingerprint density at radius 1 is 1.38 bits per heavy atom. The van der Waals surface area contributed by atoms with Crippen LogP contribution in [-0.2, 0) is 11.2 Å². The van der Waals surface area contributed by atoms with Crippen LogP contribution >= 0.6 is 0 Å². The molecule has 1 rings (SSSR count). The number of aryl methyl sites for hydroxylation is 1. The van der Waals surface area contributed by atoms with Gasteiger partial charge >= 0.3 is 5.97 Å². The summed E-state index contributed by atoms with van der Waals surface area (Å²) in [6, 6.07) is 7.90. The van der Waals surface area contributed by atoms with Crippen molar-refractivity contribution in [2.45, 2.75) is 26.2 Å². The van der Waals surface area contributed by atoms with Gasteiger partial charge in [0, 0.05) is 6.42 Å². The minimum absolute atomic E-state index is 0.222. The van der Waals surface area contributed by atoms with Crippen LogP contribution in [0.15, 0.2) is 24.3 Å². The van der Waals surface area contributed by atoms with E-state index in [2.05, 4.69) is 0 Å². The van der Waals surface area contributed by atoms with Gasteiger partial charge in [-0.1, -0.05) is 19.1 Å². The lowest BCUT2D eigenvalue weighted by Crippen LogP contribution is -2.05. The fourth-order valence-corrected chi connectivity index (χ4v) is 1.61. The maximum atomic E-state index is 10.5. The summed E-state index contributed by atoms with van der Waals surface area (Å²) >= 11 is 0. The molecule has 1 aromatic rings. The first-order valence-electron chi connectivity index (χ1n) is 5.46. The van der Waals surface area contributed by atoms with E-state index in [1.165, 1.54) is 5.56 Å². The van der Waals surface area contributed by atoms with Gasteiger partial charge in [-0.2, -0.15) is 0 Å². The second-order valence-electron chi connectivity index (χ2n) is 4.09. The van der Waals surface area contributed by atoms with Crippen molar-refractivity contribution in [3.63, 3.8) is 0 Å². The third-order valence-electron chi connectivity index (χ3n) is 2.61. The standard InChI is InChI=1S/C13H18O3/c1-10(9-13(14)15)3-4-11-5-7-12(16-2)8-6-11/h5-8,10H,3-4,9H2,1-2H3,(H,14,15). The normalized spacial score (nSPS) is 12.1. The quantitative estimate of drug-likeness (QED) is 0.805. The summed E-state index contributed by atoms with van der Waals surface area (Å²) in [7, 11) is 1.64. The molecule has 3 heteroatoms. The van der Waals surface area contributed by atoms with Crippen LogP contribution in [0.3, 0.4) is 0 Å². The van der Waals surface area contributed by atoms with Crippen LogP contribution in [0.5, 0.6) is 5.75 Å². The van der Waals surface area contributed by atoms with E-state index in [1.54, 1.807) is 7.11 Å². The lowest BCUT2D eigenvalue weighted by atomic mass is 9.98. The average Bonchev–Trinajstić information content (AvgIpc) is 2.26. The Labute approximate surface area is 96.1 Å². The first-order chi connectivity index (χ1) is 7.61. The molecule has 1 aromatic carbocycles. The Hall–Kier alpha value is -1.51. The number of methoxy groups -OCH3 is 1. The predicted octanol–water partition coefficient (Wildman–Crippen LogP) is 2.74. The zero-order chi connectivity index (χ0) is 12.0. The van der Waals surface area contributed by atoms with Crippen LogP contribution in [0.25, 0.3) is 0 Å². The van der Waals surface area contributed by atoms with Gasteiger partial charge in [-0.25, -0.2) is 0 Å². The van der Waals surface area contributed by atoms with E-state index in [4.69, 9.17) is 9.84 Å². The number of carbonyl (C=O) groups is 1. The molecule has 0 saturated carbocycles. The molecule has 0 aliphatic heterocycles. The first-order valence-corrected chi connectivity index (χ1v) is 5.46. The Morgan fingerprint density at radius 2 is 2.00 bits per heavy atom. The highest BCUT2D eigenvalue weighted by Gasteiger charge is 2.07. The fraction of sp³-hybridized carbons (Fsp3) is 0.462. The van der Waals surface area contributed by atoms with Crippen molar-refractivity contribution < 1.29 is 14.6 Å². The maximum Gasteiger partial charge on any atom is 0.303 e. The predicted molar refractivity (Wildman–Crippen MR) is 62.7 cm³/mol. The van der Waals surface area contributed by atoms with Crippen LogP contribution in [0.1, 0.15) is 25.3 Å². The van der Waals surface area contributed by atoms with E-state index < -0.39 is 5.97 Å². The number of benzene rings is 1. The monoisotopic (exact) mass is 222 g/mol. The topological polar surface area (TPSA) is 46.5 Å². The largest absolute Gasteiger partial charge is 0.497 e. The molecule has 3 nitrogen and oxygen atoms in total. The minimum Gasteiger partial charge on any atom is -0.497 e. The zero-order valence-electron chi connectivity index (χ0n) is 9.77. The first kappa shape index (κ1) is 12.6. The summed E-state index contributed by atoms with van der Waals surface area (Å²) in [6.07, 6.45) is 2.06. The summed E-state index contributed by atoms with van der Waals surface area (Å²) in [5.74, 6) is 0.351. The molecule has 16 heavy (non-hydrogen) atoms. The molecular weight excluding hydrogens is 204 g/mol. The van der Waals surface area contributed by atoms with E-state index >= 15 is 0 Å². The van der Waals surface area contributed by atoms with Gasteiger partial charge in [0.1, 0.15) is 5.75 Å². The Bertz CT molecular complexity index is 330. The highest BCUT2D eigenvalue weighted by atomic mass is 16.5. The van der Waals surface area contributed by atoms with E-state index in [0.717, 1.165) is 18.6 Å². The highest BCUT2D eigenvalue weighted by molar-refractivity contribution is 5.66. The van der Waals surface area contributed by atoms with Crippen LogP contribution in [0.2, 0.25) is 0 Å². The molecular formula is C13H18O3. The molecule has 0 spiro atoms. The number of carboxylic acid groups (broad SMARTS) is 1. The lowest BCUT2D eigenvalue weighted by Gasteiger charge is -2.08. The number of rotatable bonds is 6. The van der Waals surface area contributed by atoms with Crippen molar-refractivity contribution in [2.75, 3.05) is 7.11 Å². The third kappa shape index (κ3) is 4.34. The van der Waals surface area contributed by atoms with Gasteiger partial charge in [-0.15, -0.1) is 0 Å². The van der Waals surface area contributed by atoms with Gasteiger partial charge in [-0.3, -0.25) is 4.79 Å². The third-order valence-corrected chi connectivity index (χ3v) is 2.61. The van der Waals surface area contributed by atoms with Crippen LogP contribution in [-0.4, -0.2) is 18.2 Å². The van der Waals surface area contributed by atoms with Crippen molar-refractivity contribution >= 4 is 5.97 Å². The van der Waals surface area contributed by atoms with Gasteiger partial charge in [0.15, 0.2) is 0 Å². The van der Waals surface area contributed by atoms with Crippen LogP contribution < -0.4 is 4.74 Å². The molecule has 0 aliphatic rings. The van der Waals surface area contributed by atoms with E-state index in [-0.39, 0.29) is 12.3 Å². The Balaban J connectivity index is 2.39. The molecule has 0 amide bonds. The van der Waals surface area contributed by atoms with Gasteiger partial charge in [-0.05, 0) is 36.5 Å². The molecule has 0 heterocycles. The Morgan fingerprint density at radius 3 is 2.50 bits per heavy atom. The number of hydrogen-bond acceptors (Lipinski definition) is 2. The number of ether oxygens (including phenoxy) is 1. The average molecular weight is 222 g/mol. The van der Waals surface area contributed by atoms with Crippen molar-refractivity contribution in [1.29, 1.82) is 0 Å². The van der Waals surface area contributed by atoms with Crippen molar-refractivity contribution in [2.24, 2.45) is 5.92 Å². The second-order valence-corrected chi connectivity index (χ2v) is 4.09. The summed E-state index contributed by atoms with van der Waals surface area (Å²) in [4.78, 5) is 10.5. The lowest BCUT2D eigenvalue weighted by molar-refractivity contribution is -0.138. The molecule has 88 valence electrons. The van der Waals surface area contributed by atoms with Gasteiger partial charge in [0.2, 0.25) is 0 Å². The van der Waals surface area contributed by atoms with Crippen LogP contribution in [0, 0.1) is 5.92 Å². The summed E-state index contributed by atoms with van der Waals surface area (Å²) in [6.45, 7) is 1.97. The van der Waals surface area contributed by atoms with Crippen molar-refractivity contribution in [1.82, 2.24) is 0 Å². The van der Waals surface area contributed by atoms with E-state index in [1.807, 2.05) is 31.2 Å². The molecule has 0 radical (unpaired) electrons. The molecule has 1 unspecified atom stereocenters. The fourth-order valence-electron chi connectivity index (χ4n) is 1.61. The van der Waals surface area contributed by atoms with Crippen LogP contribution in [0.4, 0.5) is 0 Å². The number of hydrogen-bond donors (Lipinski definition) is 1. The minimum atomic E-state index is -0.720. The smallest absolute Gasteiger partial charge is 0.303 e. The Kier molecular flexibility index (Phi) is 4.83. The molecule has 0 aromatic heterocycles. The maximum absolute atomic E-state index is 10.5. The number of carboxylic acids is 1. The molecule has 0 fully saturated rings. The van der Waals surface area contributed by atoms with Gasteiger partial charge in [0.05, 0.1) is 7.11 Å². The summed E-state index contributed by atoms with van der Waals surface area (Å²) in [5.41, 5.74) is 1.22. The van der Waals surface area contributed by atoms with Crippen molar-refractivity contribution in [3.8, 4) is 5.75 Å². The van der Waals surface area contributed by atoms with Crippen molar-refractivity contribution in [3.05, 3.63) is 29.8 Å². The second kappa shape index (κ2) is 6.16. The molecule has 0 bridgehead atoms. The van der Waals surface area contributed by atoms with Gasteiger partial charge < -0.3 is 9.84 Å². The van der Waals surface area contributed by atoms with E-state index in [0.29, 0.717) is 0 Å². The molecule has 0 saturated heterocycles. The SMILES string of the molecule is COc1ccc(CCC(C)CC(=O)O)cc1. The summed E-state index contributed by atoms with van der Waals surface area (Å²) in [5, 5.41) is 8.63. The number of aliphatic carboxylic acids is 1. The highest BCUT2D eigenvalue weighted by Crippen LogP contribution is 2.16. The molecule has 1 N–H and O–H groups in total.